The molecule has 0 bridgehead atoms. The molecule has 0 saturated carbocycles. The first kappa shape index (κ1) is 50.5. The van der Waals surface area contributed by atoms with E-state index in [1.807, 2.05) is 12.2 Å². The smallest absolute Gasteiger partial charge is 0.462 e. The van der Waals surface area contributed by atoms with Crippen molar-refractivity contribution in [1.82, 2.24) is 0 Å². The number of aliphatic hydroxyl groups is 1. The van der Waals surface area contributed by atoms with E-state index in [-0.39, 0.29) is 19.4 Å². The van der Waals surface area contributed by atoms with Gasteiger partial charge in [-0.1, -0.05) is 151 Å². The van der Waals surface area contributed by atoms with Crippen molar-refractivity contribution >= 4 is 19.8 Å². The van der Waals surface area contributed by atoms with Gasteiger partial charge in [0.25, 0.3) is 0 Å². The molecule has 0 fully saturated rings. The minimum Gasteiger partial charge on any atom is -0.462 e. The fourth-order valence-electron chi connectivity index (χ4n) is 5.28. The van der Waals surface area contributed by atoms with Gasteiger partial charge in [-0.15, -0.1) is 0 Å². The third-order valence-corrected chi connectivity index (χ3v) is 8.80. The van der Waals surface area contributed by atoms with Gasteiger partial charge in [-0.3, -0.25) is 14.1 Å². The summed E-state index contributed by atoms with van der Waals surface area (Å²) >= 11 is 0. The zero-order valence-electron chi connectivity index (χ0n) is 33.0. The number of phosphoric ester groups is 1. The van der Waals surface area contributed by atoms with E-state index in [4.69, 9.17) is 19.3 Å². The molecule has 1 unspecified atom stereocenters. The minimum atomic E-state index is -4.80. The van der Waals surface area contributed by atoms with Gasteiger partial charge >= 0.3 is 19.8 Å². The van der Waals surface area contributed by atoms with Gasteiger partial charge in [0, 0.05) is 12.8 Å². The van der Waals surface area contributed by atoms with E-state index in [2.05, 4.69) is 67.0 Å². The molecule has 0 amide bonds. The largest absolute Gasteiger partial charge is 0.469 e. The maximum Gasteiger partial charge on any atom is 0.469 e. The summed E-state index contributed by atoms with van der Waals surface area (Å²) in [4.78, 5) is 42.8. The van der Waals surface area contributed by atoms with Crippen LogP contribution in [0.15, 0.2) is 72.9 Å². The van der Waals surface area contributed by atoms with Crippen LogP contribution in [0, 0.1) is 0 Å². The lowest BCUT2D eigenvalue weighted by Crippen LogP contribution is -2.29. The Morgan fingerprint density at radius 1 is 0.604 bits per heavy atom. The Morgan fingerprint density at radius 3 is 1.72 bits per heavy atom. The summed E-state index contributed by atoms with van der Waals surface area (Å²) in [6, 6.07) is 0. The zero-order valence-corrected chi connectivity index (χ0v) is 33.9. The van der Waals surface area contributed by atoms with Gasteiger partial charge in [0.05, 0.1) is 12.7 Å². The van der Waals surface area contributed by atoms with Crippen molar-refractivity contribution in [2.45, 2.75) is 174 Å². The molecule has 0 aromatic rings. The number of hydrogen-bond acceptors (Lipinski definition) is 7. The van der Waals surface area contributed by atoms with Crippen molar-refractivity contribution in [3.63, 3.8) is 0 Å². The Morgan fingerprint density at radius 2 is 1.13 bits per heavy atom. The van der Waals surface area contributed by atoms with Gasteiger partial charge in [0.15, 0.2) is 6.10 Å². The molecule has 0 radical (unpaired) electrons. The molecule has 0 aromatic carbocycles. The molecule has 0 aromatic heterocycles. The van der Waals surface area contributed by atoms with Crippen molar-refractivity contribution in [3.05, 3.63) is 72.9 Å². The van der Waals surface area contributed by atoms with Gasteiger partial charge < -0.3 is 24.4 Å². The number of rotatable bonds is 36. The Hall–Kier alpha value is -2.55. The molecule has 0 rings (SSSR count). The maximum atomic E-state index is 12.4. The van der Waals surface area contributed by atoms with E-state index < -0.39 is 38.6 Å². The normalized spacial score (nSPS) is 13.8. The highest BCUT2D eigenvalue weighted by atomic mass is 31.2. The predicted octanol–water partition coefficient (Wildman–Crippen LogP) is 11.3. The highest BCUT2D eigenvalue weighted by Gasteiger charge is 2.23. The third kappa shape index (κ3) is 40.5. The first-order valence-electron chi connectivity index (χ1n) is 20.3. The van der Waals surface area contributed by atoms with Crippen LogP contribution in [0.2, 0.25) is 0 Å². The van der Waals surface area contributed by atoms with Crippen LogP contribution in [0.5, 0.6) is 0 Å². The molecule has 9 nitrogen and oxygen atoms in total. The summed E-state index contributed by atoms with van der Waals surface area (Å²) in [5.74, 6) is -1.10. The summed E-state index contributed by atoms with van der Waals surface area (Å²) in [5, 5.41) is 10.2. The van der Waals surface area contributed by atoms with E-state index in [0.29, 0.717) is 19.3 Å². The highest BCUT2D eigenvalue weighted by molar-refractivity contribution is 7.46. The van der Waals surface area contributed by atoms with E-state index in [0.717, 1.165) is 51.4 Å². The van der Waals surface area contributed by atoms with Crippen LogP contribution in [-0.4, -0.2) is 52.3 Å². The van der Waals surface area contributed by atoms with Crippen molar-refractivity contribution in [2.75, 3.05) is 13.2 Å². The Kier molecular flexibility index (Phi) is 35.9. The highest BCUT2D eigenvalue weighted by Crippen LogP contribution is 2.36. The van der Waals surface area contributed by atoms with Gasteiger partial charge in [0.2, 0.25) is 0 Å². The number of phosphoric acid groups is 1. The topological polar surface area (TPSA) is 140 Å². The molecule has 0 spiro atoms. The first-order chi connectivity index (χ1) is 25.7. The van der Waals surface area contributed by atoms with Crippen LogP contribution in [0.4, 0.5) is 0 Å². The molecule has 0 aliphatic carbocycles. The van der Waals surface area contributed by atoms with E-state index >= 15 is 0 Å². The summed E-state index contributed by atoms with van der Waals surface area (Å²) in [6.07, 6.45) is 45.1. The van der Waals surface area contributed by atoms with Crippen LogP contribution in [-0.2, 0) is 28.2 Å². The minimum absolute atomic E-state index is 0.0326. The molecule has 3 N–H and O–H groups in total. The van der Waals surface area contributed by atoms with Crippen LogP contribution < -0.4 is 0 Å². The second-order valence-corrected chi connectivity index (χ2v) is 14.7. The number of carbonyl (C=O) groups is 2. The molecule has 10 heteroatoms. The number of aliphatic hydroxyl groups excluding tert-OH is 1. The average molecular weight is 765 g/mol. The fourth-order valence-corrected chi connectivity index (χ4v) is 5.64. The maximum absolute atomic E-state index is 12.4. The summed E-state index contributed by atoms with van der Waals surface area (Å²) in [6.45, 7) is 3.38. The van der Waals surface area contributed by atoms with E-state index in [1.54, 1.807) is 12.2 Å². The summed E-state index contributed by atoms with van der Waals surface area (Å²) < 4.78 is 26.2. The number of esters is 2. The Labute approximate surface area is 322 Å². The molecule has 0 heterocycles. The molecule has 0 aliphatic rings. The number of allylic oxidation sites excluding steroid dienone is 11. The lowest BCUT2D eigenvalue weighted by Gasteiger charge is -2.18. The van der Waals surface area contributed by atoms with Crippen molar-refractivity contribution < 1.29 is 43.0 Å². The molecule has 53 heavy (non-hydrogen) atoms. The lowest BCUT2D eigenvalue weighted by atomic mass is 10.1. The summed E-state index contributed by atoms with van der Waals surface area (Å²) in [7, 11) is -4.80. The monoisotopic (exact) mass is 764 g/mol. The van der Waals surface area contributed by atoms with Crippen molar-refractivity contribution in [1.29, 1.82) is 0 Å². The number of ether oxygens (including phenoxy) is 2. The summed E-state index contributed by atoms with van der Waals surface area (Å²) in [5.41, 5.74) is 0. The molecule has 0 aliphatic heterocycles. The molecule has 0 saturated heterocycles. The average Bonchev–Trinajstić information content (AvgIpc) is 3.12. The first-order valence-corrected chi connectivity index (χ1v) is 21.9. The predicted molar refractivity (Wildman–Crippen MR) is 217 cm³/mol. The molecular weight excluding hydrogens is 691 g/mol. The van der Waals surface area contributed by atoms with Gasteiger partial charge in [-0.05, 0) is 70.6 Å². The van der Waals surface area contributed by atoms with E-state index in [1.165, 1.54) is 64.2 Å². The molecule has 2 atom stereocenters. The number of carbonyl (C=O) groups excluding carboxylic acids is 2. The molecule has 304 valence electrons. The molecular formula is C43H73O9P. The third-order valence-electron chi connectivity index (χ3n) is 8.31. The number of hydrogen-bond donors (Lipinski definition) is 3. The van der Waals surface area contributed by atoms with E-state index in [9.17, 15) is 19.3 Å². The van der Waals surface area contributed by atoms with Gasteiger partial charge in [0.1, 0.15) is 6.61 Å². The van der Waals surface area contributed by atoms with Crippen molar-refractivity contribution in [2.24, 2.45) is 0 Å². The number of unbranched alkanes of at least 4 members (excludes halogenated alkanes) is 13. The van der Waals surface area contributed by atoms with Crippen LogP contribution in [0.1, 0.15) is 162 Å². The van der Waals surface area contributed by atoms with Gasteiger partial charge in [-0.25, -0.2) is 4.57 Å². The van der Waals surface area contributed by atoms with Crippen LogP contribution in [0.3, 0.4) is 0 Å². The standard InChI is InChI=1S/C43H73O9P/c1-3-5-7-9-11-13-15-17-18-19-20-22-24-26-28-30-32-36-43(46)52-41(39-51-53(47,48)49)38-50-42(45)37-33-35-40(44)34-31-29-27-25-23-21-16-14-12-10-8-6-4-2/h6,8,12,14,17-18,21,23,27,29,31,34,40-41,44H,3-5,7,9-11,13,15-16,19-20,22,24-26,28,30,32-33,35-39H2,1-2H3,(H2,47,48,49)/b8-6-,14-12-,18-17-,23-21-,29-27-,34-31+/t40?,41-/m1/s1. The second-order valence-electron chi connectivity index (χ2n) is 13.4. The second kappa shape index (κ2) is 37.8. The zero-order chi connectivity index (χ0) is 39.1. The fraction of sp³-hybridized carbons (Fsp3) is 0.674. The quantitative estimate of drug-likeness (QED) is 0.0187. The van der Waals surface area contributed by atoms with Crippen molar-refractivity contribution in [3.8, 4) is 0 Å². The van der Waals surface area contributed by atoms with Crippen LogP contribution in [0.25, 0.3) is 0 Å². The Bertz CT molecular complexity index is 1100. The van der Waals surface area contributed by atoms with Gasteiger partial charge in [-0.2, -0.15) is 0 Å². The van der Waals surface area contributed by atoms with Crippen LogP contribution >= 0.6 is 7.82 Å². The lowest BCUT2D eigenvalue weighted by molar-refractivity contribution is -0.161. The SMILES string of the molecule is CC/C=C\C/C=C\C/C=C\C/C=C\C=C\C(O)CCCC(=O)OC[C@H](COP(=O)(O)O)OC(=O)CCCCCCCCC/C=C\CCCCCCCC. The Balaban J connectivity index is 4.15.